The van der Waals surface area contributed by atoms with Crippen molar-refractivity contribution in [3.8, 4) is 5.69 Å². The molecule has 2 N–H and O–H groups in total. The zero-order chi connectivity index (χ0) is 20.4. The number of benzene rings is 2. The van der Waals surface area contributed by atoms with Gasteiger partial charge in [0.15, 0.2) is 0 Å². The van der Waals surface area contributed by atoms with Crippen molar-refractivity contribution in [3.63, 3.8) is 0 Å². The molecule has 0 atom stereocenters. The number of carboxylic acids is 1. The number of aromatic amines is 1. The average Bonchev–Trinajstić information content (AvgIpc) is 2.94. The van der Waals surface area contributed by atoms with Crippen LogP contribution in [0.25, 0.3) is 5.69 Å². The SMILES string of the molecule is Cc1ccc(-n2[nH]c(C)c(C=Nc3ccc(C(=O)O)cc3[N+](=O)[O-])c2=O)cc1. The Bertz CT molecular complexity index is 1160. The Kier molecular flexibility index (Phi) is 4.90. The van der Waals surface area contributed by atoms with Crippen LogP contribution in [0.3, 0.4) is 0 Å². The highest BCUT2D eigenvalue weighted by Gasteiger charge is 2.17. The van der Waals surface area contributed by atoms with Crippen LogP contribution in [-0.2, 0) is 0 Å². The lowest BCUT2D eigenvalue weighted by molar-refractivity contribution is -0.384. The molecule has 9 nitrogen and oxygen atoms in total. The smallest absolute Gasteiger partial charge is 0.335 e. The number of H-pyrrole nitrogens is 1. The molecule has 0 aliphatic carbocycles. The average molecular weight is 380 g/mol. The number of nitro groups is 1. The number of nitrogens with one attached hydrogen (secondary N) is 1. The predicted molar refractivity (Wildman–Crippen MR) is 103 cm³/mol. The van der Waals surface area contributed by atoms with Gasteiger partial charge in [-0.3, -0.25) is 20.0 Å². The largest absolute Gasteiger partial charge is 0.478 e. The molecule has 0 saturated heterocycles. The number of rotatable bonds is 5. The highest BCUT2D eigenvalue weighted by Crippen LogP contribution is 2.28. The molecule has 2 aromatic carbocycles. The molecule has 142 valence electrons. The van der Waals surface area contributed by atoms with E-state index >= 15 is 0 Å². The second-order valence-corrected chi connectivity index (χ2v) is 6.15. The van der Waals surface area contributed by atoms with Crippen LogP contribution in [0.1, 0.15) is 27.2 Å². The van der Waals surface area contributed by atoms with Gasteiger partial charge in [0.05, 0.1) is 21.7 Å². The summed E-state index contributed by atoms with van der Waals surface area (Å²) in [6.45, 7) is 3.63. The van der Waals surface area contributed by atoms with Crippen LogP contribution in [0.5, 0.6) is 0 Å². The van der Waals surface area contributed by atoms with Crippen molar-refractivity contribution >= 4 is 23.6 Å². The molecule has 0 unspecified atom stereocenters. The topological polar surface area (TPSA) is 131 Å². The lowest BCUT2D eigenvalue weighted by Crippen LogP contribution is -2.17. The Morgan fingerprint density at radius 1 is 1.21 bits per heavy atom. The zero-order valence-electron chi connectivity index (χ0n) is 15.0. The number of aryl methyl sites for hydroxylation is 2. The van der Waals surface area contributed by atoms with Crippen LogP contribution in [0.2, 0.25) is 0 Å². The second-order valence-electron chi connectivity index (χ2n) is 6.15. The molecule has 0 fully saturated rings. The van der Waals surface area contributed by atoms with Gasteiger partial charge < -0.3 is 5.11 Å². The van der Waals surface area contributed by atoms with Gasteiger partial charge in [0, 0.05) is 18.0 Å². The first-order chi connectivity index (χ1) is 13.3. The molecule has 9 heteroatoms. The summed E-state index contributed by atoms with van der Waals surface area (Å²) in [6.07, 6.45) is 1.24. The number of hydrogen-bond acceptors (Lipinski definition) is 5. The summed E-state index contributed by atoms with van der Waals surface area (Å²) in [5.74, 6) is -1.28. The van der Waals surface area contributed by atoms with Crippen molar-refractivity contribution in [3.05, 3.63) is 85.3 Å². The van der Waals surface area contributed by atoms with Crippen molar-refractivity contribution in [2.24, 2.45) is 4.99 Å². The number of carboxylic acid groups (broad SMARTS) is 1. The highest BCUT2D eigenvalue weighted by atomic mass is 16.6. The molecule has 0 amide bonds. The Hall–Kier alpha value is -4.01. The van der Waals surface area contributed by atoms with Gasteiger partial charge >= 0.3 is 5.97 Å². The van der Waals surface area contributed by atoms with E-state index < -0.39 is 16.6 Å². The summed E-state index contributed by atoms with van der Waals surface area (Å²) in [5, 5.41) is 23.2. The van der Waals surface area contributed by atoms with Crippen molar-refractivity contribution in [2.75, 3.05) is 0 Å². The predicted octanol–water partition coefficient (Wildman–Crippen LogP) is 3.14. The fourth-order valence-corrected chi connectivity index (χ4v) is 2.63. The third-order valence-corrected chi connectivity index (χ3v) is 4.16. The fourth-order valence-electron chi connectivity index (χ4n) is 2.63. The molecule has 0 radical (unpaired) electrons. The van der Waals surface area contributed by atoms with Gasteiger partial charge in [-0.15, -0.1) is 0 Å². The molecule has 3 rings (SSSR count). The van der Waals surface area contributed by atoms with Crippen molar-refractivity contribution in [1.82, 2.24) is 9.78 Å². The maximum absolute atomic E-state index is 12.7. The maximum atomic E-state index is 12.7. The molecule has 0 saturated carbocycles. The number of aromatic nitrogens is 2. The lowest BCUT2D eigenvalue weighted by atomic mass is 10.1. The Morgan fingerprint density at radius 3 is 2.50 bits per heavy atom. The summed E-state index contributed by atoms with van der Waals surface area (Å²) in [5.41, 5.74) is 1.42. The van der Waals surface area contributed by atoms with E-state index in [4.69, 9.17) is 5.11 Å². The van der Waals surface area contributed by atoms with Crippen molar-refractivity contribution < 1.29 is 14.8 Å². The molecule has 0 spiro atoms. The zero-order valence-corrected chi connectivity index (χ0v) is 15.0. The van der Waals surface area contributed by atoms with Crippen molar-refractivity contribution in [1.29, 1.82) is 0 Å². The van der Waals surface area contributed by atoms with E-state index in [2.05, 4.69) is 10.1 Å². The van der Waals surface area contributed by atoms with E-state index in [1.54, 1.807) is 19.1 Å². The monoisotopic (exact) mass is 380 g/mol. The van der Waals surface area contributed by atoms with Crippen LogP contribution in [0.15, 0.2) is 52.3 Å². The third kappa shape index (κ3) is 3.58. The van der Waals surface area contributed by atoms with Crippen molar-refractivity contribution in [2.45, 2.75) is 13.8 Å². The first-order valence-electron chi connectivity index (χ1n) is 8.22. The summed E-state index contributed by atoms with van der Waals surface area (Å²) < 4.78 is 1.36. The van der Waals surface area contributed by atoms with Gasteiger partial charge in [0.25, 0.3) is 11.2 Å². The fraction of sp³-hybridized carbons (Fsp3) is 0.105. The molecular formula is C19H16N4O5. The number of carbonyl (C=O) groups is 1. The number of nitro benzene ring substituents is 1. The molecule has 3 aromatic rings. The summed E-state index contributed by atoms with van der Waals surface area (Å²) in [7, 11) is 0. The van der Waals surface area contributed by atoms with Gasteiger partial charge in [-0.1, -0.05) is 17.7 Å². The quantitative estimate of drug-likeness (QED) is 0.399. The van der Waals surface area contributed by atoms with Crippen LogP contribution in [0, 0.1) is 24.0 Å². The number of aromatic carboxylic acids is 1. The van der Waals surface area contributed by atoms with E-state index in [-0.39, 0.29) is 22.4 Å². The third-order valence-electron chi connectivity index (χ3n) is 4.16. The minimum Gasteiger partial charge on any atom is -0.478 e. The summed E-state index contributed by atoms with van der Waals surface area (Å²) >= 11 is 0. The minimum absolute atomic E-state index is 0.0446. The molecular weight excluding hydrogens is 364 g/mol. The van der Waals surface area contributed by atoms with E-state index in [0.717, 1.165) is 11.6 Å². The maximum Gasteiger partial charge on any atom is 0.335 e. The number of nitrogens with zero attached hydrogens (tertiary/aromatic N) is 3. The Labute approximate surface area is 158 Å². The van der Waals surface area contributed by atoms with Gasteiger partial charge in [-0.2, -0.15) is 0 Å². The van der Waals surface area contributed by atoms with Crippen LogP contribution in [-0.4, -0.2) is 32.0 Å². The van der Waals surface area contributed by atoms with Gasteiger partial charge in [0.1, 0.15) is 5.69 Å². The van der Waals surface area contributed by atoms with Gasteiger partial charge in [0.2, 0.25) is 0 Å². The van der Waals surface area contributed by atoms with E-state index in [1.165, 1.54) is 23.0 Å². The van der Waals surface area contributed by atoms with Gasteiger partial charge in [-0.05, 0) is 38.1 Å². The lowest BCUT2D eigenvalue weighted by Gasteiger charge is -2.01. The number of hydrogen-bond donors (Lipinski definition) is 2. The molecule has 28 heavy (non-hydrogen) atoms. The number of aliphatic imine (C=N–C) groups is 1. The van der Waals surface area contributed by atoms with E-state index in [0.29, 0.717) is 11.4 Å². The molecule has 1 aromatic heterocycles. The standard InChI is InChI=1S/C19H16N4O5/c1-11-3-6-14(7-4-11)22-18(24)15(12(2)21-22)10-20-16-8-5-13(19(25)26)9-17(16)23(27)28/h3-10,21H,1-2H3,(H,25,26). The second kappa shape index (κ2) is 7.31. The normalized spacial score (nSPS) is 11.1. The summed E-state index contributed by atoms with van der Waals surface area (Å²) in [4.78, 5) is 38.3. The highest BCUT2D eigenvalue weighted by molar-refractivity contribution is 5.90. The molecule has 1 heterocycles. The summed E-state index contributed by atoms with van der Waals surface area (Å²) in [6, 6.07) is 10.7. The van der Waals surface area contributed by atoms with Crippen LogP contribution >= 0.6 is 0 Å². The van der Waals surface area contributed by atoms with Crippen LogP contribution < -0.4 is 5.56 Å². The first-order valence-corrected chi connectivity index (χ1v) is 8.22. The minimum atomic E-state index is -1.28. The Balaban J connectivity index is 2.02. The first kappa shape index (κ1) is 18.8. The van der Waals surface area contributed by atoms with E-state index in [9.17, 15) is 19.7 Å². The molecule has 0 aliphatic heterocycles. The van der Waals surface area contributed by atoms with E-state index in [1.807, 2.05) is 19.1 Å². The van der Waals surface area contributed by atoms with Gasteiger partial charge in [-0.25, -0.2) is 14.5 Å². The molecule has 0 aliphatic rings. The molecule has 0 bridgehead atoms. The Morgan fingerprint density at radius 2 is 1.89 bits per heavy atom. The van der Waals surface area contributed by atoms with Crippen LogP contribution in [0.4, 0.5) is 11.4 Å².